The Morgan fingerprint density at radius 1 is 0.569 bits per heavy atom. The van der Waals surface area contributed by atoms with Crippen molar-refractivity contribution >= 4 is 94.7 Å². The topological polar surface area (TPSA) is 369 Å². The summed E-state index contributed by atoms with van der Waals surface area (Å²) >= 11 is 2.37. The van der Waals surface area contributed by atoms with E-state index < -0.39 is 131 Å². The third-order valence-corrected chi connectivity index (χ3v) is 14.8. The van der Waals surface area contributed by atoms with Gasteiger partial charge in [0.25, 0.3) is 35.4 Å². The zero-order valence-electron chi connectivity index (χ0n) is 38.3. The van der Waals surface area contributed by atoms with E-state index in [1.165, 1.54) is 47.8 Å². The number of hydrogen-bond acceptors (Lipinski definition) is 18. The van der Waals surface area contributed by atoms with Crippen molar-refractivity contribution in [3.63, 3.8) is 0 Å². The van der Waals surface area contributed by atoms with Crippen LogP contribution in [0.4, 0.5) is 0 Å². The molecule has 8 rings (SSSR count). The minimum atomic E-state index is -1.59. The van der Waals surface area contributed by atoms with E-state index in [4.69, 9.17) is 0 Å². The minimum Gasteiger partial charge on any atom is -0.543 e. The molecule has 6 N–H and O–H groups in total. The molecule has 2 fully saturated rings. The van der Waals surface area contributed by atoms with Gasteiger partial charge in [-0.2, -0.15) is 0 Å². The molecule has 0 radical (unpaired) electrons. The quantitative estimate of drug-likeness (QED) is 0.0459. The normalized spacial score (nSPS) is 21.3. The molecule has 6 atom stereocenters. The Morgan fingerprint density at radius 3 is 1.14 bits per heavy atom. The number of nitrogens with one attached hydrogen (secondary N) is 2. The molecule has 0 aromatic heterocycles. The van der Waals surface area contributed by atoms with Gasteiger partial charge in [0.1, 0.15) is 34.9 Å². The number of carbonyl (C=O) groups excluding carboxylic acids is 10. The molecule has 6 aliphatic heterocycles. The van der Waals surface area contributed by atoms with Gasteiger partial charge in [-0.05, 0) is 61.1 Å². The first-order valence-corrected chi connectivity index (χ1v) is 23.4. The van der Waals surface area contributed by atoms with E-state index in [-0.39, 0.29) is 186 Å². The van der Waals surface area contributed by atoms with Gasteiger partial charge in [-0.1, -0.05) is 24.3 Å². The number of hydrogen-bond donors (Lipinski definition) is 6. The first-order valence-electron chi connectivity index (χ1n) is 21.3. The standard InChI is InChI=1S/2C22H21N3O9S.2K/c2*26-8-10-9-35-20-15(19(30)25(20)16(10)22(33)34)23-14(27)7-3-6-13(21(31)32)24-17(28)11-4-1-2-5-12(11)18(24)29;;/h2*1-2,4-5,13,15,20,26H,3,6-9H2,(H,23,27)(H,31,32)(H,33,34);;/q;;2*+1/p-2/t2*13-,15-,20-;;/m11../s1. The van der Waals surface area contributed by atoms with E-state index >= 15 is 0 Å². The van der Waals surface area contributed by atoms with E-state index in [9.17, 15) is 88.2 Å². The van der Waals surface area contributed by atoms with Crippen LogP contribution in [-0.2, 0) is 38.4 Å². The first kappa shape index (κ1) is 58.7. The molecule has 368 valence electrons. The third-order valence-electron chi connectivity index (χ3n) is 12.1. The molecule has 8 amide bonds. The van der Waals surface area contributed by atoms with Crippen molar-refractivity contribution in [2.45, 2.75) is 73.4 Å². The summed E-state index contributed by atoms with van der Waals surface area (Å²) in [6.45, 7) is -1.08. The molecule has 2 saturated heterocycles. The molecular formula is C44H40K2N6O18S2. The van der Waals surface area contributed by atoms with E-state index in [0.29, 0.717) is 9.80 Å². The fraction of sp³-hybridized carbons (Fsp3) is 0.364. The van der Waals surface area contributed by atoms with Crippen molar-refractivity contribution in [3.05, 3.63) is 93.3 Å². The van der Waals surface area contributed by atoms with Crippen LogP contribution >= 0.6 is 23.5 Å². The summed E-state index contributed by atoms with van der Waals surface area (Å²) in [6.07, 6.45) is -0.684. The van der Waals surface area contributed by atoms with Crippen LogP contribution < -0.4 is 124 Å². The van der Waals surface area contributed by atoms with E-state index in [1.54, 1.807) is 24.3 Å². The minimum absolute atomic E-state index is 0. The molecule has 0 spiro atoms. The van der Waals surface area contributed by atoms with Gasteiger partial charge >= 0.3 is 115 Å². The molecule has 2 aromatic rings. The van der Waals surface area contributed by atoms with Gasteiger partial charge in [0, 0.05) is 24.3 Å². The van der Waals surface area contributed by atoms with Gasteiger partial charge in [-0.15, -0.1) is 23.5 Å². The predicted octanol–water partition coefficient (Wildman–Crippen LogP) is -9.39. The Kier molecular flexibility index (Phi) is 20.3. The van der Waals surface area contributed by atoms with Crippen molar-refractivity contribution in [2.24, 2.45) is 0 Å². The number of amides is 8. The number of carbonyl (C=O) groups is 12. The molecule has 0 aliphatic carbocycles. The van der Waals surface area contributed by atoms with Gasteiger partial charge in [-0.25, -0.2) is 9.59 Å². The number of β-lactam (4-membered cyclic amide) rings is 2. The van der Waals surface area contributed by atoms with Crippen molar-refractivity contribution in [1.82, 2.24) is 30.2 Å². The number of imide groups is 2. The zero-order chi connectivity index (χ0) is 50.9. The molecule has 2 aromatic carbocycles. The summed E-state index contributed by atoms with van der Waals surface area (Å²) in [5, 5.41) is 64.4. The fourth-order valence-corrected chi connectivity index (χ4v) is 11.4. The summed E-state index contributed by atoms with van der Waals surface area (Å²) in [4.78, 5) is 150. The van der Waals surface area contributed by atoms with Crippen molar-refractivity contribution in [1.29, 1.82) is 0 Å². The van der Waals surface area contributed by atoms with Gasteiger partial charge in [0.2, 0.25) is 11.8 Å². The average molecular weight is 1080 g/mol. The number of carboxylic acids is 4. The predicted molar refractivity (Wildman–Crippen MR) is 233 cm³/mol. The van der Waals surface area contributed by atoms with E-state index in [2.05, 4.69) is 10.6 Å². The molecule has 6 aliphatic rings. The van der Waals surface area contributed by atoms with Gasteiger partial charge in [0.05, 0.1) is 58.8 Å². The molecule has 0 bridgehead atoms. The van der Waals surface area contributed by atoms with Crippen molar-refractivity contribution < 1.29 is 191 Å². The summed E-state index contributed by atoms with van der Waals surface area (Å²) in [6, 6.07) is 7.15. The second-order valence-corrected chi connectivity index (χ2v) is 18.5. The SMILES string of the molecule is O=C(CCC[C@H](C(=O)O)N1C(=O)c2ccccc2C1=O)N[C@@H]1C(=O)N2C(C(=O)[O-])=C(CO)CS[C@H]12.O=C(CCC[C@H](C(=O)O)N1C(=O)c2ccccc2C1=O)N[C@@H]1C(=O)N2C(C(=O)[O-])=C(CO)CS[C@H]12.[K+].[K+]. The molecule has 28 heteroatoms. The molecular weight excluding hydrogens is 1040 g/mol. The Labute approximate surface area is 501 Å². The fourth-order valence-electron chi connectivity index (χ4n) is 8.70. The smallest absolute Gasteiger partial charge is 0.543 e. The molecule has 72 heavy (non-hydrogen) atoms. The van der Waals surface area contributed by atoms with Crippen LogP contribution in [0.5, 0.6) is 0 Å². The van der Waals surface area contributed by atoms with Crippen LogP contribution in [0.1, 0.15) is 80.0 Å². The number of aliphatic hydroxyl groups excluding tert-OH is 2. The second kappa shape index (κ2) is 24.9. The number of rotatable bonds is 18. The third kappa shape index (κ3) is 11.4. The summed E-state index contributed by atoms with van der Waals surface area (Å²) in [7, 11) is 0. The van der Waals surface area contributed by atoms with Crippen LogP contribution in [0.15, 0.2) is 71.1 Å². The van der Waals surface area contributed by atoms with Crippen LogP contribution in [0.25, 0.3) is 0 Å². The molecule has 0 unspecified atom stereocenters. The Hall–Kier alpha value is -4.15. The largest absolute Gasteiger partial charge is 1.00 e. The molecule has 24 nitrogen and oxygen atoms in total. The number of nitrogens with zero attached hydrogens (tertiary/aromatic N) is 4. The maximum absolute atomic E-state index is 12.6. The Bertz CT molecular complexity index is 2490. The van der Waals surface area contributed by atoms with Crippen LogP contribution in [-0.4, -0.2) is 171 Å². The number of aliphatic carboxylic acids is 4. The van der Waals surface area contributed by atoms with Gasteiger partial charge in [0.15, 0.2) is 0 Å². The van der Waals surface area contributed by atoms with Crippen molar-refractivity contribution in [2.75, 3.05) is 24.7 Å². The van der Waals surface area contributed by atoms with Crippen LogP contribution in [0, 0.1) is 0 Å². The second-order valence-electron chi connectivity index (χ2n) is 16.2. The van der Waals surface area contributed by atoms with Gasteiger partial charge < -0.3 is 50.9 Å². The van der Waals surface area contributed by atoms with Gasteiger partial charge in [-0.3, -0.25) is 58.0 Å². The Morgan fingerprint density at radius 2 is 0.875 bits per heavy atom. The number of carboxylic acid groups (broad SMARTS) is 4. The number of benzene rings is 2. The zero-order valence-corrected chi connectivity index (χ0v) is 46.1. The van der Waals surface area contributed by atoms with Crippen LogP contribution in [0.3, 0.4) is 0 Å². The maximum Gasteiger partial charge on any atom is 1.00 e. The monoisotopic (exact) mass is 1080 g/mol. The average Bonchev–Trinajstić information content (AvgIpc) is 3.74. The van der Waals surface area contributed by atoms with E-state index in [1.807, 2.05) is 0 Å². The first-order chi connectivity index (χ1) is 33.3. The maximum atomic E-state index is 12.6. The summed E-state index contributed by atoms with van der Waals surface area (Å²) in [5.41, 5.74) is -0.00563. The number of aliphatic hydroxyl groups is 2. The van der Waals surface area contributed by atoms with Crippen LogP contribution in [0.2, 0.25) is 0 Å². The summed E-state index contributed by atoms with van der Waals surface area (Å²) < 4.78 is 0. The number of thioether (sulfide) groups is 2. The number of fused-ring (bicyclic) bond motifs is 4. The van der Waals surface area contributed by atoms with E-state index in [0.717, 1.165) is 9.80 Å². The Balaban J connectivity index is 0.000000260. The summed E-state index contributed by atoms with van der Waals surface area (Å²) in [5.74, 6) is -10.9. The molecule has 6 heterocycles. The van der Waals surface area contributed by atoms with Crippen molar-refractivity contribution in [3.8, 4) is 0 Å². The molecule has 0 saturated carbocycles.